The third kappa shape index (κ3) is 2.91. The highest BCUT2D eigenvalue weighted by Crippen LogP contribution is 2.60. The Kier molecular flexibility index (Phi) is 3.69. The molecule has 1 aliphatic carbocycles. The summed E-state index contributed by atoms with van der Waals surface area (Å²) in [4.78, 5) is 10.8. The maximum atomic E-state index is 12.8. The lowest BCUT2D eigenvalue weighted by atomic mass is 10.1. The molecule has 0 aromatic heterocycles. The lowest BCUT2D eigenvalue weighted by Crippen LogP contribution is -2.24. The van der Waals surface area contributed by atoms with Crippen LogP contribution in [0.3, 0.4) is 0 Å². The summed E-state index contributed by atoms with van der Waals surface area (Å²) in [5.74, 6) is -3.21. The fourth-order valence-electron chi connectivity index (χ4n) is 1.99. The van der Waals surface area contributed by atoms with E-state index >= 15 is 0 Å². The standard InChI is InChI=1S/C10H10Cl2F4O2/c1-8(2)4(6(8)7(17)18)3-5(9(11,13)14)10(12,15)16/h3-4,6H,1-2H3,(H,17,18). The Morgan fingerprint density at radius 3 is 1.83 bits per heavy atom. The molecule has 104 valence electrons. The summed E-state index contributed by atoms with van der Waals surface area (Å²) in [6, 6.07) is 0. The molecular weight excluding hydrogens is 299 g/mol. The Morgan fingerprint density at radius 1 is 1.22 bits per heavy atom. The summed E-state index contributed by atoms with van der Waals surface area (Å²) in [5.41, 5.74) is -2.67. The molecule has 1 rings (SSSR count). The van der Waals surface area contributed by atoms with Gasteiger partial charge in [0.2, 0.25) is 0 Å². The molecule has 1 fully saturated rings. The van der Waals surface area contributed by atoms with Gasteiger partial charge in [0.25, 0.3) is 0 Å². The van der Waals surface area contributed by atoms with Crippen LogP contribution in [0.4, 0.5) is 17.6 Å². The second-order valence-corrected chi connectivity index (χ2v) is 5.69. The number of allylic oxidation sites excluding steroid dienone is 2. The fourth-order valence-corrected chi connectivity index (χ4v) is 2.40. The second-order valence-electron chi connectivity index (χ2n) is 4.74. The molecule has 0 aliphatic heterocycles. The first-order valence-corrected chi connectivity index (χ1v) is 5.64. The summed E-state index contributed by atoms with van der Waals surface area (Å²) in [6.45, 7) is 2.95. The average Bonchev–Trinajstić information content (AvgIpc) is 2.59. The van der Waals surface area contributed by atoms with Gasteiger partial charge in [-0.05, 0) is 34.5 Å². The van der Waals surface area contributed by atoms with Crippen molar-refractivity contribution in [2.24, 2.45) is 17.3 Å². The third-order valence-electron chi connectivity index (χ3n) is 3.13. The molecule has 0 amide bonds. The summed E-state index contributed by atoms with van der Waals surface area (Å²) in [6.07, 6.45) is 0.471. The molecule has 2 atom stereocenters. The van der Waals surface area contributed by atoms with Crippen molar-refractivity contribution in [2.75, 3.05) is 0 Å². The molecule has 0 heterocycles. The summed E-state index contributed by atoms with van der Waals surface area (Å²) < 4.78 is 51.3. The number of alkyl halides is 6. The van der Waals surface area contributed by atoms with Crippen LogP contribution in [-0.2, 0) is 4.79 Å². The van der Waals surface area contributed by atoms with E-state index in [0.717, 1.165) is 0 Å². The van der Waals surface area contributed by atoms with Gasteiger partial charge in [-0.3, -0.25) is 4.79 Å². The van der Waals surface area contributed by atoms with E-state index in [0.29, 0.717) is 6.08 Å². The highest BCUT2D eigenvalue weighted by molar-refractivity contribution is 6.28. The molecule has 1 saturated carbocycles. The molecule has 2 nitrogen and oxygen atoms in total. The van der Waals surface area contributed by atoms with E-state index in [4.69, 9.17) is 5.11 Å². The lowest BCUT2D eigenvalue weighted by molar-refractivity contribution is -0.139. The maximum absolute atomic E-state index is 12.8. The predicted molar refractivity (Wildman–Crippen MR) is 58.1 cm³/mol. The van der Waals surface area contributed by atoms with Crippen molar-refractivity contribution in [3.05, 3.63) is 11.6 Å². The lowest BCUT2D eigenvalue weighted by Gasteiger charge is -2.17. The molecular formula is C10H10Cl2F4O2. The maximum Gasteiger partial charge on any atom is 0.351 e. The summed E-state index contributed by atoms with van der Waals surface area (Å²) >= 11 is 9.13. The summed E-state index contributed by atoms with van der Waals surface area (Å²) in [7, 11) is 0. The Bertz CT molecular complexity index is 380. The smallest absolute Gasteiger partial charge is 0.351 e. The molecule has 8 heteroatoms. The number of carboxylic acid groups (broad SMARTS) is 1. The van der Waals surface area contributed by atoms with E-state index in [-0.39, 0.29) is 0 Å². The van der Waals surface area contributed by atoms with Crippen molar-refractivity contribution in [2.45, 2.75) is 24.6 Å². The number of carbonyl (C=O) groups is 1. The highest BCUT2D eigenvalue weighted by Gasteiger charge is 2.62. The molecule has 1 N–H and O–H groups in total. The van der Waals surface area contributed by atoms with Gasteiger partial charge in [0.05, 0.1) is 11.5 Å². The topological polar surface area (TPSA) is 37.3 Å². The van der Waals surface area contributed by atoms with E-state index in [1.54, 1.807) is 0 Å². The summed E-state index contributed by atoms with van der Waals surface area (Å²) in [5, 5.41) is 0.155. The first-order valence-electron chi connectivity index (χ1n) is 4.88. The molecule has 0 aromatic rings. The van der Waals surface area contributed by atoms with Gasteiger partial charge in [0.1, 0.15) is 0 Å². The Labute approximate surface area is 111 Å². The number of rotatable bonds is 4. The van der Waals surface area contributed by atoms with Gasteiger partial charge in [-0.25, -0.2) is 0 Å². The van der Waals surface area contributed by atoms with Crippen molar-refractivity contribution in [3.63, 3.8) is 0 Å². The molecule has 1 aliphatic rings. The van der Waals surface area contributed by atoms with Crippen LogP contribution in [0.2, 0.25) is 0 Å². The molecule has 0 bridgehead atoms. The number of carboxylic acids is 1. The van der Waals surface area contributed by atoms with E-state index in [1.165, 1.54) is 13.8 Å². The van der Waals surface area contributed by atoms with Crippen molar-refractivity contribution >= 4 is 29.2 Å². The third-order valence-corrected chi connectivity index (χ3v) is 3.54. The molecule has 18 heavy (non-hydrogen) atoms. The predicted octanol–water partition coefficient (Wildman–Crippen LogP) is 3.93. The average molecular weight is 309 g/mol. The number of aliphatic carboxylic acids is 1. The molecule has 0 saturated heterocycles. The van der Waals surface area contributed by atoms with Crippen LogP contribution in [-0.4, -0.2) is 21.8 Å². The van der Waals surface area contributed by atoms with E-state index < -0.39 is 39.6 Å². The fraction of sp³-hybridized carbons (Fsp3) is 0.700. The van der Waals surface area contributed by atoms with Crippen LogP contribution >= 0.6 is 23.2 Å². The minimum absolute atomic E-state index is 0.471. The van der Waals surface area contributed by atoms with Crippen molar-refractivity contribution < 1.29 is 27.5 Å². The van der Waals surface area contributed by atoms with E-state index in [2.05, 4.69) is 23.2 Å². The first kappa shape index (κ1) is 15.6. The number of hydrogen-bond acceptors (Lipinski definition) is 1. The van der Waals surface area contributed by atoms with Crippen molar-refractivity contribution in [1.29, 1.82) is 0 Å². The minimum Gasteiger partial charge on any atom is -0.481 e. The normalized spacial score (nSPS) is 26.7. The van der Waals surface area contributed by atoms with Gasteiger partial charge in [0.15, 0.2) is 0 Å². The SMILES string of the molecule is CC1(C)C(C=C(C(F)(F)Cl)C(F)(F)Cl)C1C(=O)O. The molecule has 2 unspecified atom stereocenters. The number of hydrogen-bond donors (Lipinski definition) is 1. The second kappa shape index (κ2) is 4.27. The van der Waals surface area contributed by atoms with Gasteiger partial charge in [0, 0.05) is 0 Å². The molecule has 0 radical (unpaired) electrons. The Hall–Kier alpha value is -0.490. The van der Waals surface area contributed by atoms with Crippen LogP contribution in [0.5, 0.6) is 0 Å². The molecule has 0 aromatic carbocycles. The van der Waals surface area contributed by atoms with Gasteiger partial charge in [-0.15, -0.1) is 0 Å². The van der Waals surface area contributed by atoms with Crippen LogP contribution in [0.25, 0.3) is 0 Å². The van der Waals surface area contributed by atoms with E-state index in [1.807, 2.05) is 0 Å². The Morgan fingerprint density at radius 2 is 1.61 bits per heavy atom. The minimum atomic E-state index is -4.33. The van der Waals surface area contributed by atoms with Crippen LogP contribution in [0.1, 0.15) is 13.8 Å². The largest absolute Gasteiger partial charge is 0.481 e. The van der Waals surface area contributed by atoms with Crippen molar-refractivity contribution in [3.8, 4) is 0 Å². The zero-order valence-electron chi connectivity index (χ0n) is 9.36. The van der Waals surface area contributed by atoms with Crippen LogP contribution in [0.15, 0.2) is 11.6 Å². The van der Waals surface area contributed by atoms with Crippen molar-refractivity contribution in [1.82, 2.24) is 0 Å². The van der Waals surface area contributed by atoms with Gasteiger partial charge in [-0.1, -0.05) is 19.9 Å². The van der Waals surface area contributed by atoms with Crippen LogP contribution in [0, 0.1) is 17.3 Å². The highest BCUT2D eigenvalue weighted by atomic mass is 35.5. The van der Waals surface area contributed by atoms with E-state index in [9.17, 15) is 22.4 Å². The van der Waals surface area contributed by atoms with Gasteiger partial charge in [-0.2, -0.15) is 17.6 Å². The molecule has 0 spiro atoms. The monoisotopic (exact) mass is 308 g/mol. The van der Waals surface area contributed by atoms with Gasteiger partial charge < -0.3 is 5.11 Å². The number of halogens is 6. The Balaban J connectivity index is 3.11. The quantitative estimate of drug-likeness (QED) is 0.485. The van der Waals surface area contributed by atoms with Crippen LogP contribution < -0.4 is 0 Å². The zero-order chi connectivity index (χ0) is 14.5. The zero-order valence-corrected chi connectivity index (χ0v) is 10.9. The van der Waals surface area contributed by atoms with Gasteiger partial charge >= 0.3 is 16.7 Å². The first-order chi connectivity index (χ1) is 7.79.